The van der Waals surface area contributed by atoms with Crippen LogP contribution in [0.1, 0.15) is 71.1 Å². The van der Waals surface area contributed by atoms with E-state index in [-0.39, 0.29) is 17.7 Å². The van der Waals surface area contributed by atoms with Crippen LogP contribution in [-0.4, -0.2) is 23.5 Å². The van der Waals surface area contributed by atoms with Crippen molar-refractivity contribution in [2.75, 3.05) is 6.54 Å². The zero-order valence-electron chi connectivity index (χ0n) is 12.0. The Morgan fingerprint density at radius 3 is 2.37 bits per heavy atom. The number of rotatable bonds is 8. The molecule has 0 radical (unpaired) electrons. The highest BCUT2D eigenvalue weighted by atomic mass is 16.4. The second-order valence-electron chi connectivity index (χ2n) is 5.87. The van der Waals surface area contributed by atoms with E-state index in [2.05, 4.69) is 12.2 Å². The molecule has 0 aromatic carbocycles. The van der Waals surface area contributed by atoms with Crippen molar-refractivity contribution >= 4 is 11.9 Å². The standard InChI is InChI=1S/C15H27NO3/c1-2-3-7-10-16-13(17)11-15(12-14(18)19)8-5-4-6-9-15/h2-12H2,1H3,(H,16,17)(H,18,19). The lowest BCUT2D eigenvalue weighted by Crippen LogP contribution is -2.35. The highest BCUT2D eigenvalue weighted by Gasteiger charge is 2.36. The van der Waals surface area contributed by atoms with Crippen molar-refractivity contribution in [3.05, 3.63) is 0 Å². The van der Waals surface area contributed by atoms with E-state index >= 15 is 0 Å². The number of amides is 1. The Kier molecular flexibility index (Phi) is 6.89. The summed E-state index contributed by atoms with van der Waals surface area (Å²) in [5.41, 5.74) is -0.293. The molecule has 0 unspecified atom stereocenters. The summed E-state index contributed by atoms with van der Waals surface area (Å²) in [6, 6.07) is 0. The minimum atomic E-state index is -0.777. The molecule has 19 heavy (non-hydrogen) atoms. The van der Waals surface area contributed by atoms with Crippen molar-refractivity contribution < 1.29 is 14.7 Å². The Hall–Kier alpha value is -1.06. The number of carbonyl (C=O) groups is 2. The van der Waals surface area contributed by atoms with Crippen molar-refractivity contribution in [2.45, 2.75) is 71.1 Å². The third-order valence-corrected chi connectivity index (χ3v) is 4.08. The molecular weight excluding hydrogens is 242 g/mol. The molecule has 1 aliphatic carbocycles. The van der Waals surface area contributed by atoms with Crippen LogP contribution in [-0.2, 0) is 9.59 Å². The second-order valence-corrected chi connectivity index (χ2v) is 5.87. The van der Waals surface area contributed by atoms with Gasteiger partial charge in [0.25, 0.3) is 0 Å². The lowest BCUT2D eigenvalue weighted by atomic mass is 9.69. The molecule has 0 atom stereocenters. The number of aliphatic carboxylic acids is 1. The summed E-state index contributed by atoms with van der Waals surface area (Å²) in [6.45, 7) is 2.85. The van der Waals surface area contributed by atoms with Gasteiger partial charge in [-0.25, -0.2) is 0 Å². The monoisotopic (exact) mass is 269 g/mol. The average molecular weight is 269 g/mol. The van der Waals surface area contributed by atoms with E-state index in [0.29, 0.717) is 6.42 Å². The average Bonchev–Trinajstić information content (AvgIpc) is 2.34. The first kappa shape index (κ1) is 16.0. The molecule has 2 N–H and O–H groups in total. The van der Waals surface area contributed by atoms with Crippen molar-refractivity contribution in [2.24, 2.45) is 5.41 Å². The molecule has 1 aliphatic rings. The Balaban J connectivity index is 2.43. The van der Waals surface area contributed by atoms with Crippen LogP contribution >= 0.6 is 0 Å². The first-order valence-electron chi connectivity index (χ1n) is 7.56. The van der Waals surface area contributed by atoms with Crippen LogP contribution in [0, 0.1) is 5.41 Å². The Bertz CT molecular complexity index is 296. The number of hydrogen-bond donors (Lipinski definition) is 2. The predicted molar refractivity (Wildman–Crippen MR) is 74.9 cm³/mol. The highest BCUT2D eigenvalue weighted by molar-refractivity contribution is 5.78. The fourth-order valence-electron chi connectivity index (χ4n) is 3.04. The van der Waals surface area contributed by atoms with Crippen LogP contribution in [0.2, 0.25) is 0 Å². The van der Waals surface area contributed by atoms with Crippen LogP contribution < -0.4 is 5.32 Å². The highest BCUT2D eigenvalue weighted by Crippen LogP contribution is 2.42. The van der Waals surface area contributed by atoms with Crippen LogP contribution in [0.5, 0.6) is 0 Å². The molecule has 0 spiro atoms. The summed E-state index contributed by atoms with van der Waals surface area (Å²) in [5.74, 6) is -0.750. The SMILES string of the molecule is CCCCCNC(=O)CC1(CC(=O)O)CCCCC1. The van der Waals surface area contributed by atoms with Gasteiger partial charge >= 0.3 is 5.97 Å². The summed E-state index contributed by atoms with van der Waals surface area (Å²) in [5, 5.41) is 12.0. The molecule has 0 heterocycles. The van der Waals surface area contributed by atoms with E-state index in [9.17, 15) is 9.59 Å². The van der Waals surface area contributed by atoms with Gasteiger partial charge in [-0.3, -0.25) is 9.59 Å². The molecule has 0 aromatic heterocycles. The number of nitrogens with one attached hydrogen (secondary N) is 1. The van der Waals surface area contributed by atoms with Gasteiger partial charge in [-0.05, 0) is 24.7 Å². The van der Waals surface area contributed by atoms with E-state index in [4.69, 9.17) is 5.11 Å². The largest absolute Gasteiger partial charge is 0.481 e. The third-order valence-electron chi connectivity index (χ3n) is 4.08. The fourth-order valence-corrected chi connectivity index (χ4v) is 3.04. The van der Waals surface area contributed by atoms with Gasteiger partial charge in [0, 0.05) is 13.0 Å². The summed E-state index contributed by atoms with van der Waals surface area (Å²) in [4.78, 5) is 23.0. The molecular formula is C15H27NO3. The summed E-state index contributed by atoms with van der Waals surface area (Å²) in [7, 11) is 0. The van der Waals surface area contributed by atoms with Crippen LogP contribution in [0.4, 0.5) is 0 Å². The fraction of sp³-hybridized carbons (Fsp3) is 0.867. The first-order valence-corrected chi connectivity index (χ1v) is 7.56. The maximum Gasteiger partial charge on any atom is 0.303 e. The van der Waals surface area contributed by atoms with Gasteiger partial charge in [-0.2, -0.15) is 0 Å². The third kappa shape index (κ3) is 6.08. The Morgan fingerprint density at radius 2 is 1.79 bits per heavy atom. The Morgan fingerprint density at radius 1 is 1.11 bits per heavy atom. The van der Waals surface area contributed by atoms with Crippen molar-refractivity contribution in [1.82, 2.24) is 5.32 Å². The summed E-state index contributed by atoms with van der Waals surface area (Å²) in [6.07, 6.45) is 8.81. The second kappa shape index (κ2) is 8.18. The molecule has 1 amide bonds. The predicted octanol–water partition coefficient (Wildman–Crippen LogP) is 3.11. The molecule has 1 fully saturated rings. The molecule has 4 nitrogen and oxygen atoms in total. The smallest absolute Gasteiger partial charge is 0.303 e. The summed E-state index contributed by atoms with van der Waals surface area (Å²) < 4.78 is 0. The van der Waals surface area contributed by atoms with Gasteiger partial charge in [0.2, 0.25) is 5.91 Å². The van der Waals surface area contributed by atoms with Crippen LogP contribution in [0.15, 0.2) is 0 Å². The molecule has 1 rings (SSSR count). The van der Waals surface area contributed by atoms with Crippen molar-refractivity contribution in [3.63, 3.8) is 0 Å². The molecule has 0 aromatic rings. The van der Waals surface area contributed by atoms with E-state index in [0.717, 1.165) is 51.5 Å². The number of carbonyl (C=O) groups excluding carboxylic acids is 1. The number of hydrogen-bond acceptors (Lipinski definition) is 2. The number of carboxylic acids is 1. The van der Waals surface area contributed by atoms with E-state index < -0.39 is 5.97 Å². The zero-order chi connectivity index (χ0) is 14.1. The molecule has 110 valence electrons. The Labute approximate surface area is 116 Å². The van der Waals surface area contributed by atoms with Gasteiger partial charge in [-0.1, -0.05) is 39.0 Å². The maximum atomic E-state index is 12.0. The molecule has 1 saturated carbocycles. The lowest BCUT2D eigenvalue weighted by Gasteiger charge is -2.35. The van der Waals surface area contributed by atoms with Crippen molar-refractivity contribution in [3.8, 4) is 0 Å². The molecule has 4 heteroatoms. The lowest BCUT2D eigenvalue weighted by molar-refractivity contribution is -0.141. The molecule has 0 bridgehead atoms. The minimum absolute atomic E-state index is 0.0271. The van der Waals surface area contributed by atoms with Crippen LogP contribution in [0.25, 0.3) is 0 Å². The topological polar surface area (TPSA) is 66.4 Å². The minimum Gasteiger partial charge on any atom is -0.481 e. The van der Waals surface area contributed by atoms with Gasteiger partial charge in [-0.15, -0.1) is 0 Å². The van der Waals surface area contributed by atoms with Crippen LogP contribution in [0.3, 0.4) is 0 Å². The van der Waals surface area contributed by atoms with E-state index in [1.165, 1.54) is 6.42 Å². The maximum absolute atomic E-state index is 12.0. The van der Waals surface area contributed by atoms with E-state index in [1.54, 1.807) is 0 Å². The quantitative estimate of drug-likeness (QED) is 0.665. The zero-order valence-corrected chi connectivity index (χ0v) is 12.0. The number of unbranched alkanes of at least 4 members (excludes halogenated alkanes) is 2. The van der Waals surface area contributed by atoms with Crippen molar-refractivity contribution in [1.29, 1.82) is 0 Å². The van der Waals surface area contributed by atoms with Gasteiger partial charge in [0.1, 0.15) is 0 Å². The van der Waals surface area contributed by atoms with E-state index in [1.807, 2.05) is 0 Å². The number of carboxylic acid groups (broad SMARTS) is 1. The van der Waals surface area contributed by atoms with Gasteiger partial charge < -0.3 is 10.4 Å². The van der Waals surface area contributed by atoms with Gasteiger partial charge in [0.05, 0.1) is 6.42 Å². The van der Waals surface area contributed by atoms with Gasteiger partial charge in [0.15, 0.2) is 0 Å². The molecule has 0 aliphatic heterocycles. The normalized spacial score (nSPS) is 17.9. The summed E-state index contributed by atoms with van der Waals surface area (Å²) >= 11 is 0. The molecule has 0 saturated heterocycles. The first-order chi connectivity index (χ1) is 9.08.